The molecule has 0 spiro atoms. The number of hydrogen-bond acceptors (Lipinski definition) is 3. The van der Waals surface area contributed by atoms with Crippen LogP contribution in [0.15, 0.2) is 10.5 Å². The van der Waals surface area contributed by atoms with Crippen LogP contribution in [0.1, 0.15) is 17.0 Å². The normalized spacial score (nSPS) is 10.3. The molecule has 12 heavy (non-hydrogen) atoms. The third-order valence-electron chi connectivity index (χ3n) is 1.64. The van der Waals surface area contributed by atoms with E-state index >= 15 is 0 Å². The Morgan fingerprint density at radius 2 is 2.08 bits per heavy atom. The third-order valence-corrected chi connectivity index (χ3v) is 2.44. The van der Waals surface area contributed by atoms with Crippen LogP contribution in [0.3, 0.4) is 0 Å². The summed E-state index contributed by atoms with van der Waals surface area (Å²) in [7, 11) is 0. The fraction of sp³-hybridized carbons (Fsp3) is 0.375. The van der Waals surface area contributed by atoms with Crippen LogP contribution in [0.2, 0.25) is 0 Å². The molecule has 1 heterocycles. The van der Waals surface area contributed by atoms with E-state index < -0.39 is 0 Å². The highest BCUT2D eigenvalue weighted by Gasteiger charge is 2.05. The summed E-state index contributed by atoms with van der Waals surface area (Å²) in [6, 6.07) is 1.77. The zero-order chi connectivity index (χ0) is 9.14. The number of hydrogen-bond donors (Lipinski definition) is 2. The molecule has 0 aliphatic carbocycles. The van der Waals surface area contributed by atoms with Gasteiger partial charge < -0.3 is 10.2 Å². The van der Waals surface area contributed by atoms with E-state index in [4.69, 9.17) is 10.2 Å². The van der Waals surface area contributed by atoms with E-state index in [2.05, 4.69) is 20.9 Å². The first-order valence-electron chi connectivity index (χ1n) is 3.55. The van der Waals surface area contributed by atoms with Crippen molar-refractivity contribution in [2.75, 3.05) is 0 Å². The molecule has 0 aliphatic heterocycles. The molecule has 0 aromatic carbocycles. The van der Waals surface area contributed by atoms with Crippen molar-refractivity contribution < 1.29 is 10.2 Å². The van der Waals surface area contributed by atoms with Crippen LogP contribution in [0.5, 0.6) is 0 Å². The van der Waals surface area contributed by atoms with E-state index in [1.165, 1.54) is 0 Å². The predicted octanol–water partition coefficient (Wildman–Crippen LogP) is 1.14. The van der Waals surface area contributed by atoms with Gasteiger partial charge in [-0.3, -0.25) is 4.98 Å². The van der Waals surface area contributed by atoms with Gasteiger partial charge >= 0.3 is 0 Å². The Balaban J connectivity index is 3.19. The number of aryl methyl sites for hydroxylation is 1. The third kappa shape index (κ3) is 1.83. The Kier molecular flexibility index (Phi) is 3.20. The average molecular weight is 232 g/mol. The van der Waals surface area contributed by atoms with Crippen LogP contribution >= 0.6 is 15.9 Å². The van der Waals surface area contributed by atoms with Crippen molar-refractivity contribution in [1.29, 1.82) is 0 Å². The highest BCUT2D eigenvalue weighted by Crippen LogP contribution is 2.18. The Labute approximate surface area is 79.2 Å². The zero-order valence-corrected chi connectivity index (χ0v) is 8.30. The first-order chi connectivity index (χ1) is 5.69. The molecule has 3 nitrogen and oxygen atoms in total. The summed E-state index contributed by atoms with van der Waals surface area (Å²) < 4.78 is 0.851. The second-order valence-electron chi connectivity index (χ2n) is 2.48. The molecule has 0 radical (unpaired) electrons. The predicted molar refractivity (Wildman–Crippen MR) is 48.5 cm³/mol. The SMILES string of the molecule is Cc1nc(CO)c(CO)cc1Br. The minimum absolute atomic E-state index is 0.0955. The molecule has 1 rings (SSSR count). The smallest absolute Gasteiger partial charge is 0.0856 e. The lowest BCUT2D eigenvalue weighted by Gasteiger charge is -2.06. The number of aliphatic hydroxyl groups excluding tert-OH is 2. The highest BCUT2D eigenvalue weighted by molar-refractivity contribution is 9.10. The lowest BCUT2D eigenvalue weighted by Crippen LogP contribution is -2.00. The molecular weight excluding hydrogens is 222 g/mol. The lowest BCUT2D eigenvalue weighted by molar-refractivity contribution is 0.255. The number of aliphatic hydroxyl groups is 2. The summed E-state index contributed by atoms with van der Waals surface area (Å²) in [5, 5.41) is 17.8. The molecule has 1 aromatic heterocycles. The van der Waals surface area contributed by atoms with Crippen molar-refractivity contribution in [1.82, 2.24) is 4.98 Å². The molecule has 0 saturated carbocycles. The molecule has 0 atom stereocenters. The number of halogens is 1. The van der Waals surface area contributed by atoms with Gasteiger partial charge in [-0.25, -0.2) is 0 Å². The average Bonchev–Trinajstić information content (AvgIpc) is 2.09. The highest BCUT2D eigenvalue weighted by atomic mass is 79.9. The summed E-state index contributed by atoms with van der Waals surface area (Å²) in [5.41, 5.74) is 2.02. The van der Waals surface area contributed by atoms with Crippen molar-refractivity contribution in [3.05, 3.63) is 27.5 Å². The first-order valence-corrected chi connectivity index (χ1v) is 4.35. The molecule has 0 amide bonds. The van der Waals surface area contributed by atoms with Gasteiger partial charge in [0.15, 0.2) is 0 Å². The van der Waals surface area contributed by atoms with Gasteiger partial charge in [0.25, 0.3) is 0 Å². The molecule has 0 unspecified atom stereocenters. The van der Waals surface area contributed by atoms with Gasteiger partial charge in [-0.05, 0) is 28.9 Å². The monoisotopic (exact) mass is 231 g/mol. The Bertz CT molecular complexity index is 260. The van der Waals surface area contributed by atoms with E-state index in [1.807, 2.05) is 6.92 Å². The van der Waals surface area contributed by atoms with Gasteiger partial charge in [0.2, 0.25) is 0 Å². The van der Waals surface area contributed by atoms with Crippen LogP contribution in [0.4, 0.5) is 0 Å². The Morgan fingerprint density at radius 1 is 1.42 bits per heavy atom. The summed E-state index contributed by atoms with van der Waals surface area (Å²) in [5.74, 6) is 0. The van der Waals surface area contributed by atoms with Crippen molar-refractivity contribution in [3.8, 4) is 0 Å². The van der Waals surface area contributed by atoms with Gasteiger partial charge in [-0.2, -0.15) is 0 Å². The summed E-state index contributed by atoms with van der Waals surface area (Å²) >= 11 is 3.29. The number of rotatable bonds is 2. The van der Waals surface area contributed by atoms with Crippen LogP contribution in [-0.2, 0) is 13.2 Å². The van der Waals surface area contributed by atoms with Gasteiger partial charge in [-0.1, -0.05) is 0 Å². The van der Waals surface area contributed by atoms with Crippen LogP contribution in [0.25, 0.3) is 0 Å². The van der Waals surface area contributed by atoms with Gasteiger partial charge in [0.05, 0.1) is 24.6 Å². The first kappa shape index (κ1) is 9.64. The van der Waals surface area contributed by atoms with E-state index in [0.29, 0.717) is 11.3 Å². The number of pyridine rings is 1. The fourth-order valence-electron chi connectivity index (χ4n) is 0.942. The molecule has 2 N–H and O–H groups in total. The maximum absolute atomic E-state index is 8.89. The minimum atomic E-state index is -0.135. The van der Waals surface area contributed by atoms with E-state index in [1.54, 1.807) is 6.07 Å². The quantitative estimate of drug-likeness (QED) is 0.803. The van der Waals surface area contributed by atoms with Crippen LogP contribution in [-0.4, -0.2) is 15.2 Å². The standard InChI is InChI=1S/C8H10BrNO2/c1-5-7(9)2-6(3-11)8(4-12)10-5/h2,11-12H,3-4H2,1H3. The van der Waals surface area contributed by atoms with Crippen LogP contribution < -0.4 is 0 Å². The molecule has 1 aromatic rings. The summed E-state index contributed by atoms with van der Waals surface area (Å²) in [4.78, 5) is 4.11. The van der Waals surface area contributed by atoms with Crippen LogP contribution in [0, 0.1) is 6.92 Å². The Morgan fingerprint density at radius 3 is 2.58 bits per heavy atom. The molecular formula is C8H10BrNO2. The van der Waals surface area contributed by atoms with Gasteiger partial charge in [-0.15, -0.1) is 0 Å². The number of nitrogens with zero attached hydrogens (tertiary/aromatic N) is 1. The van der Waals surface area contributed by atoms with E-state index in [-0.39, 0.29) is 13.2 Å². The van der Waals surface area contributed by atoms with E-state index in [0.717, 1.165) is 10.2 Å². The Hall–Kier alpha value is -0.450. The summed E-state index contributed by atoms with van der Waals surface area (Å²) in [6.45, 7) is 1.61. The molecule has 0 saturated heterocycles. The maximum atomic E-state index is 8.89. The number of aromatic nitrogens is 1. The topological polar surface area (TPSA) is 53.4 Å². The zero-order valence-electron chi connectivity index (χ0n) is 6.71. The van der Waals surface area contributed by atoms with Gasteiger partial charge in [0.1, 0.15) is 0 Å². The molecule has 4 heteroatoms. The lowest BCUT2D eigenvalue weighted by atomic mass is 10.2. The largest absolute Gasteiger partial charge is 0.392 e. The second-order valence-corrected chi connectivity index (χ2v) is 3.33. The molecule has 0 aliphatic rings. The van der Waals surface area contributed by atoms with Crippen molar-refractivity contribution >= 4 is 15.9 Å². The maximum Gasteiger partial charge on any atom is 0.0856 e. The fourth-order valence-corrected chi connectivity index (χ4v) is 1.31. The second kappa shape index (κ2) is 3.98. The van der Waals surface area contributed by atoms with Gasteiger partial charge in [0, 0.05) is 10.0 Å². The van der Waals surface area contributed by atoms with Crippen molar-refractivity contribution in [2.24, 2.45) is 0 Å². The molecule has 0 fully saturated rings. The minimum Gasteiger partial charge on any atom is -0.392 e. The van der Waals surface area contributed by atoms with E-state index in [9.17, 15) is 0 Å². The summed E-state index contributed by atoms with van der Waals surface area (Å²) in [6.07, 6.45) is 0. The molecule has 0 bridgehead atoms. The van der Waals surface area contributed by atoms with Crippen molar-refractivity contribution in [3.63, 3.8) is 0 Å². The molecule has 66 valence electrons. The van der Waals surface area contributed by atoms with Crippen molar-refractivity contribution in [2.45, 2.75) is 20.1 Å².